The Kier molecular flexibility index (Phi) is 7.80. The summed E-state index contributed by atoms with van der Waals surface area (Å²) in [6.07, 6.45) is 3.05. The molecule has 0 aromatic heterocycles. The van der Waals surface area contributed by atoms with Gasteiger partial charge in [-0.2, -0.15) is 0 Å². The van der Waals surface area contributed by atoms with Gasteiger partial charge in [-0.25, -0.2) is 0 Å². The van der Waals surface area contributed by atoms with Crippen molar-refractivity contribution >= 4 is 18.7 Å². The second kappa shape index (κ2) is 9.28. The molecule has 1 aromatic carbocycles. The molecule has 17 heavy (non-hydrogen) atoms. The van der Waals surface area contributed by atoms with Gasteiger partial charge in [0.15, 0.2) is 0 Å². The van der Waals surface area contributed by atoms with Gasteiger partial charge in [0.2, 0.25) is 0 Å². The van der Waals surface area contributed by atoms with Crippen LogP contribution in [0, 0.1) is 0 Å². The Morgan fingerprint density at radius 3 is 2.41 bits per heavy atom. The number of nitrogens with one attached hydrogen (secondary N) is 2. The third-order valence-electron chi connectivity index (χ3n) is 2.55. The van der Waals surface area contributed by atoms with Crippen LogP contribution in [0.3, 0.4) is 0 Å². The summed E-state index contributed by atoms with van der Waals surface area (Å²) in [4.78, 5) is 0. The van der Waals surface area contributed by atoms with Crippen LogP contribution >= 0.6 is 0 Å². The van der Waals surface area contributed by atoms with E-state index in [1.807, 2.05) is 6.08 Å². The lowest BCUT2D eigenvalue weighted by atomic mass is 10.1. The maximum atomic E-state index is 3.74. The Morgan fingerprint density at radius 2 is 1.76 bits per heavy atom. The molecule has 0 aliphatic rings. The molecule has 2 N–H and O–H groups in total. The molecule has 0 saturated carbocycles. The Balaban J connectivity index is 2.07. The van der Waals surface area contributed by atoms with Crippen LogP contribution in [0.4, 0.5) is 0 Å². The van der Waals surface area contributed by atoms with Crippen molar-refractivity contribution in [1.29, 1.82) is 0 Å². The smallest absolute Gasteiger partial charge is 0.104 e. The molecule has 94 valence electrons. The van der Waals surface area contributed by atoms with E-state index < -0.39 is 0 Å². The summed E-state index contributed by atoms with van der Waals surface area (Å²) in [5.74, 6) is 1.07. The molecule has 0 bridgehead atoms. The molecule has 0 amide bonds. The Hall–Kier alpha value is -0.770. The van der Waals surface area contributed by atoms with E-state index in [0.717, 1.165) is 31.9 Å². The summed E-state index contributed by atoms with van der Waals surface area (Å²) in [7, 11) is 0. The van der Waals surface area contributed by atoms with E-state index in [4.69, 9.17) is 0 Å². The molecule has 0 atom stereocenters. The molecule has 0 unspecified atom stereocenters. The van der Waals surface area contributed by atoms with Gasteiger partial charge in [-0.1, -0.05) is 36.9 Å². The fraction of sp³-hybridized carbons (Fsp3) is 0.429. The minimum Gasteiger partial charge on any atom is -0.315 e. The van der Waals surface area contributed by atoms with Crippen LogP contribution in [0.2, 0.25) is 0 Å². The third-order valence-corrected chi connectivity index (χ3v) is 2.91. The van der Waals surface area contributed by atoms with Gasteiger partial charge in [0.05, 0.1) is 0 Å². The first-order chi connectivity index (χ1) is 8.36. The van der Waals surface area contributed by atoms with Crippen molar-refractivity contribution < 1.29 is 0 Å². The van der Waals surface area contributed by atoms with Crippen molar-refractivity contribution in [2.45, 2.75) is 13.0 Å². The molecule has 0 aliphatic carbocycles. The van der Waals surface area contributed by atoms with E-state index in [1.54, 1.807) is 0 Å². The lowest BCUT2D eigenvalue weighted by Gasteiger charge is -2.06. The van der Waals surface area contributed by atoms with E-state index in [9.17, 15) is 0 Å². The summed E-state index contributed by atoms with van der Waals surface area (Å²) in [5, 5.41) is 6.80. The average Bonchev–Trinajstić information content (AvgIpc) is 2.38. The van der Waals surface area contributed by atoms with Gasteiger partial charge < -0.3 is 10.6 Å². The van der Waals surface area contributed by atoms with Gasteiger partial charge in [-0.15, -0.1) is 0 Å². The number of hydrogen-bond donors (Lipinski definition) is 2. The van der Waals surface area contributed by atoms with E-state index in [1.165, 1.54) is 17.5 Å². The van der Waals surface area contributed by atoms with Crippen molar-refractivity contribution in [3.63, 3.8) is 0 Å². The van der Waals surface area contributed by atoms with Crippen LogP contribution in [-0.2, 0) is 19.2 Å². The first-order valence-corrected chi connectivity index (χ1v) is 6.85. The Labute approximate surface area is 110 Å². The molecule has 3 heteroatoms. The zero-order valence-corrected chi connectivity index (χ0v) is 11.3. The standard InChI is InChI=1S/C14H22N2S/c1-2-13-4-6-14(7-5-13)12-16-10-9-15-8-3-11-17/h2,4-7,15-17H,1,3,8-12H2/p+1. The van der Waals surface area contributed by atoms with Crippen molar-refractivity contribution in [2.24, 2.45) is 0 Å². The zero-order chi connectivity index (χ0) is 12.3. The maximum absolute atomic E-state index is 3.74. The number of benzene rings is 1. The lowest BCUT2D eigenvalue weighted by Crippen LogP contribution is -2.27. The van der Waals surface area contributed by atoms with Gasteiger partial charge >= 0.3 is 0 Å². The molecule has 0 spiro atoms. The van der Waals surface area contributed by atoms with Gasteiger partial charge in [-0.3, -0.25) is 0 Å². The number of rotatable bonds is 9. The first kappa shape index (κ1) is 14.3. The van der Waals surface area contributed by atoms with Crippen molar-refractivity contribution in [1.82, 2.24) is 10.6 Å². The monoisotopic (exact) mass is 251 g/mol. The van der Waals surface area contributed by atoms with Crippen LogP contribution in [-0.4, -0.2) is 25.4 Å². The fourth-order valence-electron chi connectivity index (χ4n) is 1.52. The fourth-order valence-corrected chi connectivity index (χ4v) is 1.70. The van der Waals surface area contributed by atoms with E-state index in [2.05, 4.69) is 54.1 Å². The topological polar surface area (TPSA) is 24.1 Å². The molecule has 1 aromatic rings. The largest absolute Gasteiger partial charge is 0.315 e. The predicted octanol–water partition coefficient (Wildman–Crippen LogP) is 1.41. The maximum Gasteiger partial charge on any atom is 0.104 e. The summed E-state index contributed by atoms with van der Waals surface area (Å²) in [6, 6.07) is 8.47. The highest BCUT2D eigenvalue weighted by Crippen LogP contribution is 2.04. The van der Waals surface area contributed by atoms with Crippen LogP contribution in [0.25, 0.3) is 6.08 Å². The van der Waals surface area contributed by atoms with Crippen molar-refractivity contribution in [3.8, 4) is 0 Å². The highest BCUT2D eigenvalue weighted by molar-refractivity contribution is 7.58. The van der Waals surface area contributed by atoms with Crippen LogP contribution in [0.1, 0.15) is 17.5 Å². The average molecular weight is 251 g/mol. The normalized spacial score (nSPS) is 10.4. The summed E-state index contributed by atoms with van der Waals surface area (Å²) >= 11 is 3.46. The molecule has 0 saturated heterocycles. The molecule has 0 aliphatic heterocycles. The van der Waals surface area contributed by atoms with Crippen LogP contribution in [0.15, 0.2) is 30.8 Å². The second-order valence-corrected chi connectivity index (χ2v) is 4.48. The molecule has 2 nitrogen and oxygen atoms in total. The van der Waals surface area contributed by atoms with Gasteiger partial charge in [0, 0.05) is 26.1 Å². The molecule has 0 heterocycles. The summed E-state index contributed by atoms with van der Waals surface area (Å²) in [6.45, 7) is 7.78. The third kappa shape index (κ3) is 6.51. The van der Waals surface area contributed by atoms with Gasteiger partial charge in [0.25, 0.3) is 0 Å². The molecule has 1 rings (SSSR count). The predicted molar refractivity (Wildman–Crippen MR) is 80.7 cm³/mol. The molecular formula is C14H23N2S+. The van der Waals surface area contributed by atoms with Gasteiger partial charge in [0.1, 0.15) is 5.75 Å². The minimum absolute atomic E-state index is 0.928. The SMILES string of the molecule is C=Cc1ccc(CNCCNCCC[SH2+])cc1. The quantitative estimate of drug-likeness (QED) is 0.512. The molecule has 0 fully saturated rings. The zero-order valence-electron chi connectivity index (χ0n) is 10.3. The van der Waals surface area contributed by atoms with E-state index in [-0.39, 0.29) is 0 Å². The van der Waals surface area contributed by atoms with E-state index >= 15 is 0 Å². The Morgan fingerprint density at radius 1 is 1.06 bits per heavy atom. The minimum atomic E-state index is 0.928. The highest BCUT2D eigenvalue weighted by Gasteiger charge is 1.93. The van der Waals surface area contributed by atoms with Crippen molar-refractivity contribution in [3.05, 3.63) is 42.0 Å². The van der Waals surface area contributed by atoms with Crippen LogP contribution < -0.4 is 10.6 Å². The number of hydrogen-bond acceptors (Lipinski definition) is 2. The molecule has 0 radical (unpaired) electrons. The van der Waals surface area contributed by atoms with Crippen molar-refractivity contribution in [2.75, 3.05) is 25.4 Å². The van der Waals surface area contributed by atoms with Crippen LogP contribution in [0.5, 0.6) is 0 Å². The molecular weight excluding hydrogens is 228 g/mol. The van der Waals surface area contributed by atoms with E-state index in [0.29, 0.717) is 0 Å². The highest BCUT2D eigenvalue weighted by atomic mass is 32.1. The second-order valence-electron chi connectivity index (χ2n) is 3.98. The first-order valence-electron chi connectivity index (χ1n) is 6.14. The summed E-state index contributed by atoms with van der Waals surface area (Å²) in [5.41, 5.74) is 2.49. The van der Waals surface area contributed by atoms with Gasteiger partial charge in [-0.05, 0) is 30.3 Å². The summed E-state index contributed by atoms with van der Waals surface area (Å²) < 4.78 is 0. The lowest BCUT2D eigenvalue weighted by molar-refractivity contribution is 0.608. The Bertz CT molecular complexity index is 309.